The van der Waals surface area contributed by atoms with Crippen molar-refractivity contribution >= 4 is 66.2 Å². The van der Waals surface area contributed by atoms with E-state index in [-0.39, 0.29) is 13.4 Å². The van der Waals surface area contributed by atoms with E-state index in [4.69, 9.17) is 41.1 Å². The molecule has 11 heteroatoms. The molecule has 240 valence electrons. The first-order valence-electron chi connectivity index (χ1n) is 13.8. The van der Waals surface area contributed by atoms with Gasteiger partial charge >= 0.3 is 33.5 Å². The minimum Gasteiger partial charge on any atom is -0.577 e. The Morgan fingerprint density at radius 3 is 0.532 bits per heavy atom. The van der Waals surface area contributed by atoms with Crippen LogP contribution in [-0.4, -0.2) is 0 Å². The number of halogens is 2. The Bertz CT molecular complexity index is 1460. The van der Waals surface area contributed by atoms with E-state index in [0.29, 0.717) is 0 Å². The van der Waals surface area contributed by atoms with Gasteiger partial charge in [-0.3, -0.25) is 0 Å². The van der Waals surface area contributed by atoms with Crippen LogP contribution in [0.15, 0.2) is 182 Å². The van der Waals surface area contributed by atoms with Gasteiger partial charge in [-0.15, -0.1) is 0 Å². The maximum absolute atomic E-state index is 13.8. The first-order chi connectivity index (χ1) is 23.0. The van der Waals surface area contributed by atoms with Crippen LogP contribution in [0, 0.1) is 9.81 Å². The molecule has 0 fully saturated rings. The summed E-state index contributed by atoms with van der Waals surface area (Å²) in [5.41, 5.74) is 11.5. The van der Waals surface area contributed by atoms with Crippen molar-refractivity contribution in [3.63, 3.8) is 0 Å². The molecule has 6 aromatic rings. The minimum atomic E-state index is -2.78. The van der Waals surface area contributed by atoms with Crippen molar-refractivity contribution < 1.29 is 22.5 Å². The van der Waals surface area contributed by atoms with Crippen molar-refractivity contribution in [1.82, 2.24) is 0 Å². The normalized spacial score (nSPS) is 10.1. The fraction of sp³-hybridized carbons (Fsp3) is 0. The zero-order valence-electron chi connectivity index (χ0n) is 24.9. The number of benzene rings is 6. The van der Waals surface area contributed by atoms with Crippen molar-refractivity contribution in [2.24, 2.45) is 0 Å². The van der Waals surface area contributed by atoms with E-state index < -0.39 is 14.3 Å². The monoisotopic (exact) mass is 738 g/mol. The van der Waals surface area contributed by atoms with Crippen LogP contribution in [0.4, 0.5) is 0 Å². The van der Waals surface area contributed by atoms with Crippen LogP contribution in [0.25, 0.3) is 11.2 Å². The molecule has 6 aromatic carbocycles. The summed E-state index contributed by atoms with van der Waals surface area (Å²) >= 11 is -0.181. The van der Waals surface area contributed by atoms with Crippen molar-refractivity contribution in [1.29, 1.82) is 0 Å². The summed E-state index contributed by atoms with van der Waals surface area (Å²) in [6, 6.07) is 58.3. The number of hydrogen-bond acceptors (Lipinski definition) is 4. The molecule has 6 nitrogen and oxygen atoms in total. The van der Waals surface area contributed by atoms with Gasteiger partial charge in [-0.25, -0.2) is 0 Å². The summed E-state index contributed by atoms with van der Waals surface area (Å²) in [4.78, 5) is 14.5. The number of rotatable bonds is 6. The molecule has 0 saturated heterocycles. The fourth-order valence-corrected chi connectivity index (χ4v) is 10.1. The quantitative estimate of drug-likeness (QED) is 0.159. The van der Waals surface area contributed by atoms with E-state index >= 15 is 0 Å². The van der Waals surface area contributed by atoms with Gasteiger partial charge in [-0.05, 0) is 0 Å². The first-order valence-corrected chi connectivity index (χ1v) is 20.8. The summed E-state index contributed by atoms with van der Waals surface area (Å²) < 4.78 is 27.6. The zero-order valence-corrected chi connectivity index (χ0v) is 29.5. The van der Waals surface area contributed by atoms with Gasteiger partial charge in [0.25, 0.3) is 0 Å². The molecule has 0 atom stereocenters. The van der Waals surface area contributed by atoms with Gasteiger partial charge in [0.15, 0.2) is 14.3 Å². The molecule has 0 heterocycles. The van der Waals surface area contributed by atoms with Crippen LogP contribution < -0.4 is 31.8 Å². The largest absolute Gasteiger partial charge is 0.577 e. The fourth-order valence-electron chi connectivity index (χ4n) is 4.72. The third-order valence-corrected chi connectivity index (χ3v) is 12.9. The second kappa shape index (κ2) is 21.8. The van der Waals surface area contributed by atoms with Crippen molar-refractivity contribution in [3.8, 4) is 0 Å². The van der Waals surface area contributed by atoms with Crippen molar-refractivity contribution in [2.75, 3.05) is 0 Å². The molecule has 0 aromatic heterocycles. The molecule has 0 N–H and O–H groups in total. The molecule has 0 aliphatic heterocycles. The molecule has 6 rings (SSSR count). The van der Waals surface area contributed by atoms with Gasteiger partial charge in [-0.1, -0.05) is 182 Å². The van der Waals surface area contributed by atoms with Crippen LogP contribution in [0.5, 0.6) is 0 Å². The smallest absolute Gasteiger partial charge is 0.423 e. The standard InChI is InChI=1S/2C18H15OP.2ClH.Cr.2NO/c2*19-20(16-10-4-1-5-11-16,17-12-6-2-7-13-17)18-14-8-3-9-15-18;;;;2*1-2/h2*1-15H;2*1H;;;/q;;;;+2;2*-1/p-2. The van der Waals surface area contributed by atoms with E-state index in [2.05, 4.69) is 0 Å². The van der Waals surface area contributed by atoms with Crippen LogP contribution in [0.2, 0.25) is 0 Å². The maximum Gasteiger partial charge on any atom is -0.423 e. The summed E-state index contributed by atoms with van der Waals surface area (Å²) in [6.45, 7) is 0. The zero-order chi connectivity index (χ0) is 34.4. The molecule has 0 aliphatic rings. The van der Waals surface area contributed by atoms with Gasteiger partial charge in [0.05, 0.1) is 0 Å². The Morgan fingerprint density at radius 1 is 0.319 bits per heavy atom. The molecule has 0 radical (unpaired) electrons. The van der Waals surface area contributed by atoms with Crippen LogP contribution in [0.3, 0.4) is 0 Å². The molecule has 0 aliphatic carbocycles. The molecular formula is C36H30Cl2CrN2O4P2-2. The van der Waals surface area contributed by atoms with E-state index in [1.165, 1.54) is 0 Å². The molecule has 47 heavy (non-hydrogen) atoms. The minimum absolute atomic E-state index is 0.181. The average Bonchev–Trinajstić information content (AvgIpc) is 3.18. The molecule has 0 bridgehead atoms. The van der Waals surface area contributed by atoms with Gasteiger partial charge in [0.2, 0.25) is 0 Å². The van der Waals surface area contributed by atoms with E-state index in [0.717, 1.165) is 31.8 Å². The van der Waals surface area contributed by atoms with Crippen LogP contribution in [-0.2, 0) is 22.5 Å². The Labute approximate surface area is 290 Å². The van der Waals surface area contributed by atoms with E-state index in [1.54, 1.807) is 0 Å². The van der Waals surface area contributed by atoms with Crippen molar-refractivity contribution in [2.45, 2.75) is 0 Å². The van der Waals surface area contributed by atoms with Gasteiger partial charge in [0.1, 0.15) is 0 Å². The predicted octanol–water partition coefficient (Wildman–Crippen LogP) is 8.67. The van der Waals surface area contributed by atoms with Crippen molar-refractivity contribution in [3.05, 3.63) is 203 Å². The molecule has 0 amide bonds. The summed E-state index contributed by atoms with van der Waals surface area (Å²) in [6.07, 6.45) is 0. The van der Waals surface area contributed by atoms with Crippen LogP contribution >= 0.6 is 34.4 Å². The van der Waals surface area contributed by atoms with Gasteiger partial charge in [-0.2, -0.15) is 0 Å². The summed E-state index contributed by atoms with van der Waals surface area (Å²) in [7, 11) is 4.10. The Hall–Kier alpha value is -3.91. The predicted molar refractivity (Wildman–Crippen MR) is 197 cm³/mol. The van der Waals surface area contributed by atoms with E-state index in [1.807, 2.05) is 182 Å². The van der Waals surface area contributed by atoms with Gasteiger partial charge < -0.3 is 30.1 Å². The first kappa shape index (κ1) is 39.3. The maximum atomic E-state index is 13.8. The Kier molecular flexibility index (Phi) is 18.2. The second-order valence-corrected chi connectivity index (χ2v) is 16.9. The Morgan fingerprint density at radius 2 is 0.426 bits per heavy atom. The topological polar surface area (TPSA) is 113 Å². The van der Waals surface area contributed by atoms with E-state index in [9.17, 15) is 9.13 Å². The molecular weight excluding hydrogens is 709 g/mol. The Balaban J connectivity index is 0.000000275. The summed E-state index contributed by atoms with van der Waals surface area (Å²) in [5, 5.41) is 5.24. The number of hydrogen-bond donors (Lipinski definition) is 0. The SMILES string of the molecule is O=P(c1ccccc1)(c1ccccc1)c1ccccc1.O=P(c1ccccc1)(c1ccccc1)c1ccccc1.[Cl][Cr][Cl].[N-]=O.[N-]=O. The molecule has 0 saturated carbocycles. The number of nitrogens with zero attached hydrogens (tertiary/aromatic N) is 2. The van der Waals surface area contributed by atoms with Crippen LogP contribution in [0.1, 0.15) is 0 Å². The third-order valence-electron chi connectivity index (χ3n) is 6.72. The molecule has 0 unspecified atom stereocenters. The average molecular weight is 739 g/mol. The summed E-state index contributed by atoms with van der Waals surface area (Å²) in [5.74, 6) is 0. The van der Waals surface area contributed by atoms with Gasteiger partial charge in [0, 0.05) is 31.8 Å². The number of nitroso groups, excluding NO2 is 2. The third kappa shape index (κ3) is 10.5. The molecule has 0 spiro atoms. The second-order valence-electron chi connectivity index (χ2n) is 9.29.